The summed E-state index contributed by atoms with van der Waals surface area (Å²) in [4.78, 5) is 5.26. The van der Waals surface area contributed by atoms with E-state index in [1.165, 1.54) is 11.9 Å². The number of thioether (sulfide) groups is 1. The van der Waals surface area contributed by atoms with Gasteiger partial charge in [0.1, 0.15) is 0 Å². The average Bonchev–Trinajstić information content (AvgIpc) is 2.34. The van der Waals surface area contributed by atoms with E-state index in [1.54, 1.807) is 7.05 Å². The minimum atomic E-state index is -4.15. The minimum Gasteiger partial charge on any atom is -0.356 e. The third-order valence-corrected chi connectivity index (χ3v) is 3.22. The van der Waals surface area contributed by atoms with E-state index in [2.05, 4.69) is 21.9 Å². The van der Waals surface area contributed by atoms with Crippen molar-refractivity contribution in [1.82, 2.24) is 15.5 Å². The molecule has 0 bridgehead atoms. The maximum Gasteiger partial charge on any atom is 0.401 e. The Morgan fingerprint density at radius 3 is 2.33 bits per heavy atom. The second-order valence-corrected chi connectivity index (χ2v) is 5.46. The SMILES string of the molecule is CN=C(NCCCCSC)NCCN(C)CC(F)(F)F.I. The first kappa shape index (κ1) is 23.4. The van der Waals surface area contributed by atoms with Gasteiger partial charge >= 0.3 is 6.18 Å². The second kappa shape index (κ2) is 13.7. The Hall–Kier alpha value is 0.1000. The highest BCUT2D eigenvalue weighted by Crippen LogP contribution is 2.14. The van der Waals surface area contributed by atoms with Crippen LogP contribution in [0.15, 0.2) is 4.99 Å². The highest BCUT2D eigenvalue weighted by atomic mass is 127. The second-order valence-electron chi connectivity index (χ2n) is 4.48. The molecular formula is C12H26F3IN4S. The zero-order chi connectivity index (χ0) is 15.4. The number of rotatable bonds is 9. The number of likely N-dealkylation sites (N-methyl/N-ethyl adjacent to an activating group) is 1. The largest absolute Gasteiger partial charge is 0.401 e. The molecule has 21 heavy (non-hydrogen) atoms. The maximum absolute atomic E-state index is 12.1. The molecule has 0 fully saturated rings. The van der Waals surface area contributed by atoms with Gasteiger partial charge in [-0.15, -0.1) is 24.0 Å². The van der Waals surface area contributed by atoms with Crippen molar-refractivity contribution in [3.8, 4) is 0 Å². The molecule has 0 aromatic rings. The summed E-state index contributed by atoms with van der Waals surface area (Å²) in [5.41, 5.74) is 0. The summed E-state index contributed by atoms with van der Waals surface area (Å²) in [7, 11) is 3.10. The summed E-state index contributed by atoms with van der Waals surface area (Å²) in [5, 5.41) is 6.14. The Morgan fingerprint density at radius 2 is 1.81 bits per heavy atom. The summed E-state index contributed by atoms with van der Waals surface area (Å²) in [6.07, 6.45) is 0.117. The molecule has 9 heteroatoms. The first-order valence-corrected chi connectivity index (χ1v) is 7.97. The van der Waals surface area contributed by atoms with Crippen molar-refractivity contribution in [1.29, 1.82) is 0 Å². The molecule has 0 atom stereocenters. The van der Waals surface area contributed by atoms with Crippen molar-refractivity contribution in [2.45, 2.75) is 19.0 Å². The highest BCUT2D eigenvalue weighted by Gasteiger charge is 2.28. The fourth-order valence-electron chi connectivity index (χ4n) is 1.55. The molecule has 0 aromatic heterocycles. The van der Waals surface area contributed by atoms with Crippen molar-refractivity contribution in [3.63, 3.8) is 0 Å². The normalized spacial score (nSPS) is 12.2. The van der Waals surface area contributed by atoms with Crippen molar-refractivity contribution >= 4 is 41.7 Å². The zero-order valence-corrected chi connectivity index (χ0v) is 15.9. The van der Waals surface area contributed by atoms with Gasteiger partial charge in [-0.3, -0.25) is 9.89 Å². The first-order chi connectivity index (χ1) is 9.39. The molecule has 0 unspecified atom stereocenters. The molecule has 0 radical (unpaired) electrons. The molecule has 0 spiro atoms. The number of hydrogen-bond acceptors (Lipinski definition) is 3. The molecule has 0 aliphatic carbocycles. The van der Waals surface area contributed by atoms with Gasteiger partial charge in [0.05, 0.1) is 6.54 Å². The smallest absolute Gasteiger partial charge is 0.356 e. The highest BCUT2D eigenvalue weighted by molar-refractivity contribution is 14.0. The predicted octanol–water partition coefficient (Wildman–Crippen LogP) is 2.41. The van der Waals surface area contributed by atoms with Crippen LogP contribution in [0.3, 0.4) is 0 Å². The molecule has 0 saturated carbocycles. The molecule has 2 N–H and O–H groups in total. The predicted molar refractivity (Wildman–Crippen MR) is 95.9 cm³/mol. The van der Waals surface area contributed by atoms with Gasteiger partial charge in [-0.1, -0.05) is 0 Å². The number of halogens is 4. The lowest BCUT2D eigenvalue weighted by molar-refractivity contribution is -0.142. The molecule has 0 rings (SSSR count). The number of unbranched alkanes of at least 4 members (excludes halogenated alkanes) is 1. The zero-order valence-electron chi connectivity index (χ0n) is 12.8. The maximum atomic E-state index is 12.1. The lowest BCUT2D eigenvalue weighted by Gasteiger charge is -2.19. The van der Waals surface area contributed by atoms with Gasteiger partial charge in [0.2, 0.25) is 0 Å². The van der Waals surface area contributed by atoms with Crippen LogP contribution < -0.4 is 10.6 Å². The van der Waals surface area contributed by atoms with E-state index in [4.69, 9.17) is 0 Å². The van der Waals surface area contributed by atoms with Gasteiger partial charge in [0, 0.05) is 26.7 Å². The van der Waals surface area contributed by atoms with Gasteiger partial charge in [0.15, 0.2) is 5.96 Å². The van der Waals surface area contributed by atoms with Crippen molar-refractivity contribution in [2.24, 2.45) is 4.99 Å². The Labute approximate surface area is 146 Å². The van der Waals surface area contributed by atoms with Crippen LogP contribution in [0.5, 0.6) is 0 Å². The Bertz CT molecular complexity index is 278. The standard InChI is InChI=1S/C12H25F3N4S.HI/c1-16-11(17-6-4-5-9-20-3)18-7-8-19(2)10-12(13,14)15;/h4-10H2,1-3H3,(H2,16,17,18);1H. The van der Waals surface area contributed by atoms with E-state index >= 15 is 0 Å². The van der Waals surface area contributed by atoms with Gasteiger partial charge in [-0.05, 0) is 31.9 Å². The van der Waals surface area contributed by atoms with Gasteiger partial charge in [0.25, 0.3) is 0 Å². The van der Waals surface area contributed by atoms with Crippen LogP contribution in [0.2, 0.25) is 0 Å². The van der Waals surface area contributed by atoms with Crippen LogP contribution >= 0.6 is 35.7 Å². The molecular weight excluding hydrogens is 416 g/mol. The summed E-state index contributed by atoms with van der Waals surface area (Å²) in [5.74, 6) is 1.77. The molecule has 4 nitrogen and oxygen atoms in total. The van der Waals surface area contributed by atoms with Crippen LogP contribution in [0.25, 0.3) is 0 Å². The Morgan fingerprint density at radius 1 is 1.19 bits per heavy atom. The minimum absolute atomic E-state index is 0. The van der Waals surface area contributed by atoms with Crippen molar-refractivity contribution in [3.05, 3.63) is 0 Å². The molecule has 128 valence electrons. The van der Waals surface area contributed by atoms with E-state index in [9.17, 15) is 13.2 Å². The third-order valence-electron chi connectivity index (χ3n) is 2.53. The van der Waals surface area contributed by atoms with E-state index in [0.717, 1.165) is 25.1 Å². The van der Waals surface area contributed by atoms with Crippen LogP contribution in [0.1, 0.15) is 12.8 Å². The molecule has 0 aromatic carbocycles. The lowest BCUT2D eigenvalue weighted by atomic mass is 10.3. The van der Waals surface area contributed by atoms with Crippen LogP contribution in [0.4, 0.5) is 13.2 Å². The van der Waals surface area contributed by atoms with E-state index < -0.39 is 12.7 Å². The monoisotopic (exact) mass is 442 g/mol. The summed E-state index contributed by atoms with van der Waals surface area (Å²) >= 11 is 1.82. The number of aliphatic imine (C=N–C) groups is 1. The number of alkyl halides is 3. The number of hydrogen-bond donors (Lipinski definition) is 2. The summed E-state index contributed by atoms with van der Waals surface area (Å²) < 4.78 is 36.4. The quantitative estimate of drug-likeness (QED) is 0.249. The molecule has 0 amide bonds. The van der Waals surface area contributed by atoms with Crippen LogP contribution in [-0.2, 0) is 0 Å². The molecule has 0 heterocycles. The number of guanidine groups is 1. The average molecular weight is 442 g/mol. The number of nitrogens with zero attached hydrogens (tertiary/aromatic N) is 2. The molecule has 0 saturated heterocycles. The summed E-state index contributed by atoms with van der Waals surface area (Å²) in [6, 6.07) is 0. The van der Waals surface area contributed by atoms with Gasteiger partial charge in [-0.25, -0.2) is 0 Å². The molecule has 0 aliphatic rings. The lowest BCUT2D eigenvalue weighted by Crippen LogP contribution is -2.42. The third kappa shape index (κ3) is 16.3. The van der Waals surface area contributed by atoms with E-state index in [-0.39, 0.29) is 24.0 Å². The van der Waals surface area contributed by atoms with Gasteiger partial charge in [-0.2, -0.15) is 24.9 Å². The van der Waals surface area contributed by atoms with E-state index in [1.807, 2.05) is 11.8 Å². The van der Waals surface area contributed by atoms with Gasteiger partial charge < -0.3 is 10.6 Å². The van der Waals surface area contributed by atoms with E-state index in [0.29, 0.717) is 19.0 Å². The number of nitrogens with one attached hydrogen (secondary N) is 2. The fourth-order valence-corrected chi connectivity index (χ4v) is 2.04. The molecule has 0 aliphatic heterocycles. The fraction of sp³-hybridized carbons (Fsp3) is 0.917. The topological polar surface area (TPSA) is 39.7 Å². The summed E-state index contributed by atoms with van der Waals surface area (Å²) in [6.45, 7) is 0.664. The van der Waals surface area contributed by atoms with Crippen molar-refractivity contribution in [2.75, 3.05) is 52.3 Å². The Kier molecular flexibility index (Phi) is 15.3. The van der Waals surface area contributed by atoms with Crippen molar-refractivity contribution < 1.29 is 13.2 Å². The first-order valence-electron chi connectivity index (χ1n) is 6.58. The Balaban J connectivity index is 0. The van der Waals surface area contributed by atoms with Crippen LogP contribution in [0, 0.1) is 0 Å². The van der Waals surface area contributed by atoms with Crippen LogP contribution in [-0.4, -0.2) is 69.3 Å².